The Morgan fingerprint density at radius 1 is 1.13 bits per heavy atom. The van der Waals surface area contributed by atoms with E-state index in [1.54, 1.807) is 12.4 Å². The highest BCUT2D eigenvalue weighted by molar-refractivity contribution is 5.91. The molecule has 0 saturated carbocycles. The van der Waals surface area contributed by atoms with Crippen LogP contribution in [-0.2, 0) is 11.8 Å². The number of benzene rings is 1. The van der Waals surface area contributed by atoms with Gasteiger partial charge in [-0.2, -0.15) is 0 Å². The number of urea groups is 1. The van der Waals surface area contributed by atoms with E-state index in [0.29, 0.717) is 6.54 Å². The van der Waals surface area contributed by atoms with Gasteiger partial charge in [-0.25, -0.2) is 4.79 Å². The molecular formula is C19H25N3O. The van der Waals surface area contributed by atoms with Crippen LogP contribution < -0.4 is 10.6 Å². The number of para-hydroxylation sites is 1. The first-order valence-electron chi connectivity index (χ1n) is 7.92. The maximum Gasteiger partial charge on any atom is 0.319 e. The fourth-order valence-electron chi connectivity index (χ4n) is 2.49. The number of nitrogens with one attached hydrogen (secondary N) is 2. The van der Waals surface area contributed by atoms with Crippen LogP contribution in [0.25, 0.3) is 0 Å². The van der Waals surface area contributed by atoms with E-state index in [0.717, 1.165) is 28.8 Å². The highest BCUT2D eigenvalue weighted by Gasteiger charge is 2.20. The van der Waals surface area contributed by atoms with Gasteiger partial charge < -0.3 is 10.6 Å². The number of carbonyl (C=O) groups is 1. The molecule has 0 aliphatic rings. The van der Waals surface area contributed by atoms with E-state index in [1.807, 2.05) is 31.2 Å². The molecule has 4 nitrogen and oxygen atoms in total. The molecule has 0 aliphatic carbocycles. The Bertz CT molecular complexity index is 660. The first-order chi connectivity index (χ1) is 10.9. The Kier molecular flexibility index (Phi) is 5.37. The van der Waals surface area contributed by atoms with E-state index in [2.05, 4.69) is 42.5 Å². The third kappa shape index (κ3) is 4.81. The van der Waals surface area contributed by atoms with Crippen molar-refractivity contribution in [2.75, 3.05) is 11.9 Å². The Labute approximate surface area is 138 Å². The molecule has 0 unspecified atom stereocenters. The summed E-state index contributed by atoms with van der Waals surface area (Å²) in [5, 5.41) is 5.92. The van der Waals surface area contributed by atoms with Gasteiger partial charge in [0.1, 0.15) is 0 Å². The van der Waals surface area contributed by atoms with Gasteiger partial charge in [0.25, 0.3) is 0 Å². The van der Waals surface area contributed by atoms with Crippen LogP contribution in [0.3, 0.4) is 0 Å². The molecule has 2 aromatic rings. The third-order valence-corrected chi connectivity index (χ3v) is 3.77. The van der Waals surface area contributed by atoms with Crippen LogP contribution >= 0.6 is 0 Å². The summed E-state index contributed by atoms with van der Waals surface area (Å²) in [6, 6.07) is 9.86. The van der Waals surface area contributed by atoms with Crippen molar-refractivity contribution in [2.45, 2.75) is 39.5 Å². The summed E-state index contributed by atoms with van der Waals surface area (Å²) >= 11 is 0. The number of anilines is 1. The fraction of sp³-hybridized carbons (Fsp3) is 0.368. The summed E-state index contributed by atoms with van der Waals surface area (Å²) in [5.41, 5.74) is 4.25. The van der Waals surface area contributed by atoms with Crippen molar-refractivity contribution in [3.8, 4) is 0 Å². The standard InChI is InChI=1S/C19H25N3O/c1-14-6-5-7-16(19(2,3)4)17(14)22-18(23)21-13-10-15-8-11-20-12-9-15/h5-9,11-12H,10,13H2,1-4H3,(H2,21,22,23). The normalized spacial score (nSPS) is 11.1. The summed E-state index contributed by atoms with van der Waals surface area (Å²) in [6.45, 7) is 9.05. The molecule has 0 spiro atoms. The second kappa shape index (κ2) is 7.27. The number of amides is 2. The minimum Gasteiger partial charge on any atom is -0.338 e. The van der Waals surface area contributed by atoms with Crippen LogP contribution in [0.2, 0.25) is 0 Å². The third-order valence-electron chi connectivity index (χ3n) is 3.77. The molecule has 0 aliphatic heterocycles. The first-order valence-corrected chi connectivity index (χ1v) is 7.92. The molecule has 2 amide bonds. The van der Waals surface area contributed by atoms with Crippen molar-refractivity contribution in [1.29, 1.82) is 0 Å². The molecule has 2 rings (SSSR count). The van der Waals surface area contributed by atoms with Crippen molar-refractivity contribution in [3.05, 3.63) is 59.4 Å². The first kappa shape index (κ1) is 17.0. The van der Waals surface area contributed by atoms with Crippen LogP contribution in [0.5, 0.6) is 0 Å². The van der Waals surface area contributed by atoms with Gasteiger partial charge in [0.2, 0.25) is 0 Å². The zero-order valence-electron chi connectivity index (χ0n) is 14.3. The lowest BCUT2D eigenvalue weighted by Gasteiger charge is -2.24. The van der Waals surface area contributed by atoms with E-state index in [-0.39, 0.29) is 11.4 Å². The number of pyridine rings is 1. The van der Waals surface area contributed by atoms with Gasteiger partial charge in [-0.05, 0) is 47.6 Å². The molecular weight excluding hydrogens is 286 g/mol. The number of aryl methyl sites for hydroxylation is 1. The lowest BCUT2D eigenvalue weighted by atomic mass is 9.84. The average Bonchev–Trinajstić information content (AvgIpc) is 2.49. The summed E-state index contributed by atoms with van der Waals surface area (Å²) in [6.07, 6.45) is 4.31. The maximum absolute atomic E-state index is 12.2. The highest BCUT2D eigenvalue weighted by atomic mass is 16.2. The van der Waals surface area contributed by atoms with Crippen molar-refractivity contribution < 1.29 is 4.79 Å². The van der Waals surface area contributed by atoms with Gasteiger partial charge in [-0.3, -0.25) is 4.98 Å². The van der Waals surface area contributed by atoms with Gasteiger partial charge >= 0.3 is 6.03 Å². The number of carbonyl (C=O) groups excluding carboxylic acids is 1. The number of nitrogens with zero attached hydrogens (tertiary/aromatic N) is 1. The number of hydrogen-bond acceptors (Lipinski definition) is 2. The molecule has 4 heteroatoms. The average molecular weight is 311 g/mol. The lowest BCUT2D eigenvalue weighted by molar-refractivity contribution is 0.252. The van der Waals surface area contributed by atoms with Crippen LogP contribution in [0, 0.1) is 6.92 Å². The summed E-state index contributed by atoms with van der Waals surface area (Å²) in [5.74, 6) is 0. The molecule has 0 bridgehead atoms. The largest absolute Gasteiger partial charge is 0.338 e. The smallest absolute Gasteiger partial charge is 0.319 e. The van der Waals surface area contributed by atoms with E-state index >= 15 is 0 Å². The quantitative estimate of drug-likeness (QED) is 0.895. The lowest BCUT2D eigenvalue weighted by Crippen LogP contribution is -2.31. The van der Waals surface area contributed by atoms with Crippen molar-refractivity contribution in [1.82, 2.24) is 10.3 Å². The highest BCUT2D eigenvalue weighted by Crippen LogP contribution is 2.31. The van der Waals surface area contributed by atoms with Gasteiger partial charge in [0.05, 0.1) is 0 Å². The minimum atomic E-state index is -0.168. The van der Waals surface area contributed by atoms with Crippen LogP contribution in [0.15, 0.2) is 42.7 Å². The van der Waals surface area contributed by atoms with Gasteiger partial charge in [-0.15, -0.1) is 0 Å². The topological polar surface area (TPSA) is 54.0 Å². The molecule has 1 heterocycles. The predicted molar refractivity (Wildman–Crippen MR) is 94.8 cm³/mol. The van der Waals surface area contributed by atoms with Crippen LogP contribution in [-0.4, -0.2) is 17.6 Å². The van der Waals surface area contributed by atoms with Gasteiger partial charge in [0.15, 0.2) is 0 Å². The summed E-state index contributed by atoms with van der Waals surface area (Å²) in [4.78, 5) is 16.2. The SMILES string of the molecule is Cc1cccc(C(C)(C)C)c1NC(=O)NCCc1ccncc1. The maximum atomic E-state index is 12.2. The second-order valence-corrected chi connectivity index (χ2v) is 6.73. The predicted octanol–water partition coefficient (Wildman–Crippen LogP) is 4.05. The summed E-state index contributed by atoms with van der Waals surface area (Å²) in [7, 11) is 0. The van der Waals surface area contributed by atoms with Crippen molar-refractivity contribution >= 4 is 11.7 Å². The molecule has 0 fully saturated rings. The summed E-state index contributed by atoms with van der Waals surface area (Å²) < 4.78 is 0. The monoisotopic (exact) mass is 311 g/mol. The Morgan fingerprint density at radius 2 is 1.83 bits per heavy atom. The van der Waals surface area contributed by atoms with E-state index < -0.39 is 0 Å². The van der Waals surface area contributed by atoms with Crippen molar-refractivity contribution in [3.63, 3.8) is 0 Å². The molecule has 1 aromatic heterocycles. The fourth-order valence-corrected chi connectivity index (χ4v) is 2.49. The van der Waals surface area contributed by atoms with Crippen molar-refractivity contribution in [2.24, 2.45) is 0 Å². The molecule has 1 aromatic carbocycles. The Morgan fingerprint density at radius 3 is 2.48 bits per heavy atom. The number of hydrogen-bond donors (Lipinski definition) is 2. The van der Waals surface area contributed by atoms with E-state index in [4.69, 9.17) is 0 Å². The second-order valence-electron chi connectivity index (χ2n) is 6.73. The Hall–Kier alpha value is -2.36. The molecule has 0 radical (unpaired) electrons. The van der Waals surface area contributed by atoms with Crippen LogP contribution in [0.4, 0.5) is 10.5 Å². The molecule has 23 heavy (non-hydrogen) atoms. The number of aromatic nitrogens is 1. The molecule has 0 saturated heterocycles. The Balaban J connectivity index is 1.98. The zero-order valence-corrected chi connectivity index (χ0v) is 14.3. The molecule has 122 valence electrons. The number of rotatable bonds is 4. The van der Waals surface area contributed by atoms with Gasteiger partial charge in [0, 0.05) is 24.6 Å². The van der Waals surface area contributed by atoms with E-state index in [9.17, 15) is 4.79 Å². The van der Waals surface area contributed by atoms with E-state index in [1.165, 1.54) is 0 Å². The molecule has 2 N–H and O–H groups in total. The molecule has 0 atom stereocenters. The zero-order chi connectivity index (χ0) is 16.9. The van der Waals surface area contributed by atoms with Gasteiger partial charge in [-0.1, -0.05) is 39.0 Å². The van der Waals surface area contributed by atoms with Crippen LogP contribution in [0.1, 0.15) is 37.5 Å². The minimum absolute atomic E-state index is 0.0222.